The van der Waals surface area contributed by atoms with E-state index in [9.17, 15) is 4.39 Å². The SMILES string of the molecule is COc1ccc(C2(c3cccc(-c4cccnc4F)c3)C=C(N)NC2)cc1. The fourth-order valence-corrected chi connectivity index (χ4v) is 3.60. The highest BCUT2D eigenvalue weighted by atomic mass is 19.1. The third-order valence-electron chi connectivity index (χ3n) is 5.03. The van der Waals surface area contributed by atoms with Crippen LogP contribution in [0.15, 0.2) is 78.8 Å². The van der Waals surface area contributed by atoms with Crippen molar-refractivity contribution in [3.05, 3.63) is 95.8 Å². The third kappa shape index (κ3) is 3.01. The first-order valence-corrected chi connectivity index (χ1v) is 8.70. The molecular formula is C22H20FN3O. The predicted molar refractivity (Wildman–Crippen MR) is 104 cm³/mol. The monoisotopic (exact) mass is 361 g/mol. The summed E-state index contributed by atoms with van der Waals surface area (Å²) in [5.41, 5.74) is 9.00. The number of rotatable bonds is 4. The molecular weight excluding hydrogens is 341 g/mol. The van der Waals surface area contributed by atoms with Gasteiger partial charge in [0.25, 0.3) is 0 Å². The number of pyridine rings is 1. The molecule has 0 spiro atoms. The maximum atomic E-state index is 14.2. The number of aromatic nitrogens is 1. The minimum Gasteiger partial charge on any atom is -0.497 e. The lowest BCUT2D eigenvalue weighted by molar-refractivity contribution is 0.414. The van der Waals surface area contributed by atoms with Crippen LogP contribution in [-0.2, 0) is 5.41 Å². The van der Waals surface area contributed by atoms with Crippen molar-refractivity contribution < 1.29 is 9.13 Å². The van der Waals surface area contributed by atoms with Crippen LogP contribution in [0.5, 0.6) is 5.75 Å². The molecule has 0 amide bonds. The minimum atomic E-state index is -0.479. The lowest BCUT2D eigenvalue weighted by Crippen LogP contribution is -2.31. The molecule has 2 heterocycles. The van der Waals surface area contributed by atoms with Crippen LogP contribution >= 0.6 is 0 Å². The summed E-state index contributed by atoms with van der Waals surface area (Å²) in [6.45, 7) is 0.629. The summed E-state index contributed by atoms with van der Waals surface area (Å²) in [7, 11) is 1.64. The standard InChI is InChI=1S/C22H20FN3O/c1-27-18-9-7-16(8-10-18)22(13-20(24)26-14-22)17-5-2-4-15(12-17)19-6-3-11-25-21(19)23/h2-13,26H,14,24H2,1H3. The second kappa shape index (κ2) is 6.76. The van der Waals surface area contributed by atoms with Crippen molar-refractivity contribution in [2.24, 2.45) is 5.73 Å². The van der Waals surface area contributed by atoms with Gasteiger partial charge < -0.3 is 15.8 Å². The summed E-state index contributed by atoms with van der Waals surface area (Å²) in [5.74, 6) is 0.944. The fourth-order valence-electron chi connectivity index (χ4n) is 3.60. The van der Waals surface area contributed by atoms with Gasteiger partial charge in [-0.1, -0.05) is 30.3 Å². The van der Waals surface area contributed by atoms with Gasteiger partial charge in [-0.05, 0) is 53.1 Å². The highest BCUT2D eigenvalue weighted by Gasteiger charge is 2.36. The Hall–Kier alpha value is -3.34. The number of nitrogens with two attached hydrogens (primary N) is 1. The first kappa shape index (κ1) is 17.1. The largest absolute Gasteiger partial charge is 0.497 e. The maximum Gasteiger partial charge on any atom is 0.220 e. The van der Waals surface area contributed by atoms with E-state index in [1.165, 1.54) is 6.20 Å². The van der Waals surface area contributed by atoms with Crippen molar-refractivity contribution >= 4 is 0 Å². The summed E-state index contributed by atoms with van der Waals surface area (Å²) < 4.78 is 19.5. The molecule has 3 aromatic rings. The number of nitrogens with zero attached hydrogens (tertiary/aromatic N) is 1. The Morgan fingerprint density at radius 1 is 1.07 bits per heavy atom. The quantitative estimate of drug-likeness (QED) is 0.697. The van der Waals surface area contributed by atoms with E-state index < -0.39 is 11.4 Å². The van der Waals surface area contributed by atoms with Crippen LogP contribution in [0.2, 0.25) is 0 Å². The molecule has 2 aromatic carbocycles. The number of nitrogens with one attached hydrogen (secondary N) is 1. The number of halogens is 1. The first-order valence-electron chi connectivity index (χ1n) is 8.70. The molecule has 1 aromatic heterocycles. The molecule has 0 saturated carbocycles. The number of methoxy groups -OCH3 is 1. The Labute approximate surface area is 157 Å². The summed E-state index contributed by atoms with van der Waals surface area (Å²) >= 11 is 0. The van der Waals surface area contributed by atoms with Crippen LogP contribution in [-0.4, -0.2) is 18.6 Å². The second-order valence-corrected chi connectivity index (χ2v) is 6.58. The number of hydrogen-bond acceptors (Lipinski definition) is 4. The summed E-state index contributed by atoms with van der Waals surface area (Å²) in [5, 5.41) is 3.23. The second-order valence-electron chi connectivity index (χ2n) is 6.58. The molecule has 136 valence electrons. The molecule has 1 aliphatic heterocycles. The van der Waals surface area contributed by atoms with Crippen molar-refractivity contribution in [2.45, 2.75) is 5.41 Å². The Kier molecular flexibility index (Phi) is 4.28. The van der Waals surface area contributed by atoms with Crippen molar-refractivity contribution in [1.29, 1.82) is 0 Å². The molecule has 4 nitrogen and oxygen atoms in total. The molecule has 27 heavy (non-hydrogen) atoms. The van der Waals surface area contributed by atoms with Gasteiger partial charge in [0.1, 0.15) is 5.75 Å². The Balaban J connectivity index is 1.85. The molecule has 0 radical (unpaired) electrons. The van der Waals surface area contributed by atoms with Crippen molar-refractivity contribution in [1.82, 2.24) is 10.3 Å². The minimum absolute atomic E-state index is 0.439. The molecule has 0 aliphatic carbocycles. The van der Waals surface area contributed by atoms with Gasteiger partial charge in [-0.15, -0.1) is 0 Å². The molecule has 0 bridgehead atoms. The van der Waals surface area contributed by atoms with E-state index in [-0.39, 0.29) is 0 Å². The lowest BCUT2D eigenvalue weighted by atomic mass is 9.75. The van der Waals surface area contributed by atoms with Gasteiger partial charge in [0, 0.05) is 18.3 Å². The van der Waals surface area contributed by atoms with Gasteiger partial charge in [-0.3, -0.25) is 0 Å². The van der Waals surface area contributed by atoms with Crippen molar-refractivity contribution in [3.63, 3.8) is 0 Å². The van der Waals surface area contributed by atoms with Gasteiger partial charge in [0.05, 0.1) is 18.3 Å². The van der Waals surface area contributed by atoms with Gasteiger partial charge in [-0.25, -0.2) is 4.98 Å². The van der Waals surface area contributed by atoms with E-state index in [1.807, 2.05) is 54.6 Å². The molecule has 0 saturated heterocycles. The summed E-state index contributed by atoms with van der Waals surface area (Å²) in [6, 6.07) is 19.3. The van der Waals surface area contributed by atoms with E-state index in [1.54, 1.807) is 19.2 Å². The van der Waals surface area contributed by atoms with Gasteiger partial charge >= 0.3 is 0 Å². The Morgan fingerprint density at radius 3 is 2.56 bits per heavy atom. The highest BCUT2D eigenvalue weighted by Crippen LogP contribution is 2.39. The first-order chi connectivity index (χ1) is 13.1. The van der Waals surface area contributed by atoms with Crippen molar-refractivity contribution in [2.75, 3.05) is 13.7 Å². The molecule has 5 heteroatoms. The van der Waals surface area contributed by atoms with E-state index in [4.69, 9.17) is 10.5 Å². The average Bonchev–Trinajstić information content (AvgIpc) is 3.11. The van der Waals surface area contributed by atoms with Crippen LogP contribution in [0.1, 0.15) is 11.1 Å². The zero-order valence-electron chi connectivity index (χ0n) is 14.9. The van der Waals surface area contributed by atoms with Crippen LogP contribution in [0, 0.1) is 5.95 Å². The van der Waals surface area contributed by atoms with Crippen molar-refractivity contribution in [3.8, 4) is 16.9 Å². The van der Waals surface area contributed by atoms with E-state index in [0.29, 0.717) is 17.9 Å². The summed E-state index contributed by atoms with van der Waals surface area (Å²) in [6.07, 6.45) is 3.47. The molecule has 3 N–H and O–H groups in total. The number of benzene rings is 2. The average molecular weight is 361 g/mol. The Morgan fingerprint density at radius 2 is 1.89 bits per heavy atom. The van der Waals surface area contributed by atoms with Crippen LogP contribution in [0.25, 0.3) is 11.1 Å². The number of ether oxygens (including phenoxy) is 1. The Bertz CT molecular complexity index is 1000. The fraction of sp³-hybridized carbons (Fsp3) is 0.136. The van der Waals surface area contributed by atoms with Gasteiger partial charge in [0.15, 0.2) is 0 Å². The third-order valence-corrected chi connectivity index (χ3v) is 5.03. The smallest absolute Gasteiger partial charge is 0.220 e. The van der Waals surface area contributed by atoms with E-state index >= 15 is 0 Å². The zero-order valence-corrected chi connectivity index (χ0v) is 14.9. The molecule has 1 aliphatic rings. The van der Waals surface area contributed by atoms with E-state index in [2.05, 4.69) is 10.3 Å². The number of hydrogen-bond donors (Lipinski definition) is 2. The van der Waals surface area contributed by atoms with Gasteiger partial charge in [-0.2, -0.15) is 4.39 Å². The molecule has 1 atom stereocenters. The van der Waals surface area contributed by atoms with Crippen LogP contribution in [0.4, 0.5) is 4.39 Å². The molecule has 1 unspecified atom stereocenters. The van der Waals surface area contributed by atoms with Gasteiger partial charge in [0.2, 0.25) is 5.95 Å². The maximum absolute atomic E-state index is 14.2. The normalized spacial score (nSPS) is 18.7. The zero-order chi connectivity index (χ0) is 18.9. The van der Waals surface area contributed by atoms with Crippen LogP contribution in [0.3, 0.4) is 0 Å². The topological polar surface area (TPSA) is 60.2 Å². The summed E-state index contributed by atoms with van der Waals surface area (Å²) in [4.78, 5) is 3.76. The highest BCUT2D eigenvalue weighted by molar-refractivity contribution is 5.65. The lowest BCUT2D eigenvalue weighted by Gasteiger charge is -2.28. The van der Waals surface area contributed by atoms with E-state index in [0.717, 1.165) is 22.4 Å². The molecule has 0 fully saturated rings. The molecule has 4 rings (SSSR count). The van der Waals surface area contributed by atoms with Crippen LogP contribution < -0.4 is 15.8 Å². The predicted octanol–water partition coefficient (Wildman–Crippen LogP) is 3.59.